The Labute approximate surface area is 127 Å². The number of nitrogens with zero attached hydrogens (tertiary/aromatic N) is 1. The highest BCUT2D eigenvalue weighted by molar-refractivity contribution is 5.38. The van der Waals surface area contributed by atoms with Crippen LogP contribution < -0.4 is 10.1 Å². The lowest BCUT2D eigenvalue weighted by atomic mass is 9.98. The molecule has 3 heteroatoms. The summed E-state index contributed by atoms with van der Waals surface area (Å²) in [7, 11) is 0. The lowest BCUT2D eigenvalue weighted by molar-refractivity contribution is 0.284. The summed E-state index contributed by atoms with van der Waals surface area (Å²) in [6.45, 7) is 2.68. The summed E-state index contributed by atoms with van der Waals surface area (Å²) in [5.74, 6) is 0.976. The van der Waals surface area contributed by atoms with Gasteiger partial charge in [0.1, 0.15) is 11.3 Å². The maximum absolute atomic E-state index is 9.33. The van der Waals surface area contributed by atoms with Crippen LogP contribution in [0.5, 0.6) is 5.75 Å². The van der Waals surface area contributed by atoms with E-state index >= 15 is 0 Å². The number of rotatable bonds is 7. The van der Waals surface area contributed by atoms with E-state index in [1.54, 1.807) is 0 Å². The number of hydrogen-bond acceptors (Lipinski definition) is 3. The molecule has 3 nitrogen and oxygen atoms in total. The van der Waals surface area contributed by atoms with Crippen LogP contribution in [0.25, 0.3) is 0 Å². The zero-order valence-electron chi connectivity index (χ0n) is 12.8. The smallest absolute Gasteiger partial charge is 0.119 e. The maximum Gasteiger partial charge on any atom is 0.119 e. The molecule has 21 heavy (non-hydrogen) atoms. The van der Waals surface area contributed by atoms with Crippen LogP contribution in [0.3, 0.4) is 0 Å². The predicted molar refractivity (Wildman–Crippen MR) is 83.4 cm³/mol. The standard InChI is InChI=1S/C18H24N2O/c1-18(13-19,20-16-7-8-16)10-3-11-21-17-9-6-14-4-2-5-15(14)12-17/h6,9,12,16,20H,2-5,7-8,10-11H2,1H3. The van der Waals surface area contributed by atoms with Gasteiger partial charge in [-0.3, -0.25) is 5.32 Å². The summed E-state index contributed by atoms with van der Waals surface area (Å²) in [6.07, 6.45) is 7.83. The van der Waals surface area contributed by atoms with E-state index < -0.39 is 5.54 Å². The van der Waals surface area contributed by atoms with Gasteiger partial charge in [0.05, 0.1) is 12.7 Å². The van der Waals surface area contributed by atoms with Crippen molar-refractivity contribution in [3.63, 3.8) is 0 Å². The van der Waals surface area contributed by atoms with Crippen molar-refractivity contribution in [2.45, 2.75) is 63.5 Å². The summed E-state index contributed by atoms with van der Waals surface area (Å²) in [5.41, 5.74) is 2.53. The first-order valence-corrected chi connectivity index (χ1v) is 8.12. The molecule has 1 fully saturated rings. The Morgan fingerprint density at radius 1 is 1.33 bits per heavy atom. The summed E-state index contributed by atoms with van der Waals surface area (Å²) >= 11 is 0. The third kappa shape index (κ3) is 3.77. The zero-order valence-corrected chi connectivity index (χ0v) is 12.8. The maximum atomic E-state index is 9.33. The molecule has 2 aliphatic carbocycles. The van der Waals surface area contributed by atoms with E-state index in [2.05, 4.69) is 29.6 Å². The summed E-state index contributed by atoms with van der Waals surface area (Å²) < 4.78 is 5.85. The first-order chi connectivity index (χ1) is 10.2. The average Bonchev–Trinajstić information content (AvgIpc) is 3.17. The molecule has 0 radical (unpaired) electrons. The Kier molecular flexibility index (Phi) is 4.17. The minimum absolute atomic E-state index is 0.400. The van der Waals surface area contributed by atoms with Crippen LogP contribution >= 0.6 is 0 Å². The predicted octanol–water partition coefficient (Wildman–Crippen LogP) is 3.37. The molecule has 0 bridgehead atoms. The van der Waals surface area contributed by atoms with Crippen molar-refractivity contribution in [2.24, 2.45) is 0 Å². The highest BCUT2D eigenvalue weighted by atomic mass is 16.5. The van der Waals surface area contributed by atoms with Crippen LogP contribution in [0.15, 0.2) is 18.2 Å². The fourth-order valence-corrected chi connectivity index (χ4v) is 3.09. The number of aryl methyl sites for hydroxylation is 2. The van der Waals surface area contributed by atoms with E-state index in [9.17, 15) is 5.26 Å². The van der Waals surface area contributed by atoms with Gasteiger partial charge in [-0.05, 0) is 75.1 Å². The number of fused-ring (bicyclic) bond motifs is 1. The molecular weight excluding hydrogens is 260 g/mol. The van der Waals surface area contributed by atoms with Crippen molar-refractivity contribution in [3.8, 4) is 11.8 Å². The first kappa shape index (κ1) is 14.4. The van der Waals surface area contributed by atoms with Crippen LogP contribution in [-0.2, 0) is 12.8 Å². The van der Waals surface area contributed by atoms with Gasteiger partial charge in [-0.25, -0.2) is 0 Å². The van der Waals surface area contributed by atoms with Gasteiger partial charge < -0.3 is 4.74 Å². The quantitative estimate of drug-likeness (QED) is 0.781. The van der Waals surface area contributed by atoms with Crippen LogP contribution in [0.1, 0.15) is 50.2 Å². The molecule has 1 aromatic carbocycles. The Morgan fingerprint density at radius 3 is 2.90 bits per heavy atom. The second-order valence-electron chi connectivity index (χ2n) is 6.60. The Bertz CT molecular complexity index is 545. The molecule has 1 aromatic rings. The largest absolute Gasteiger partial charge is 0.494 e. The number of hydrogen-bond donors (Lipinski definition) is 1. The van der Waals surface area contributed by atoms with Crippen molar-refractivity contribution < 1.29 is 4.74 Å². The van der Waals surface area contributed by atoms with E-state index in [1.165, 1.54) is 43.2 Å². The van der Waals surface area contributed by atoms with Gasteiger partial charge in [-0.1, -0.05) is 6.07 Å². The van der Waals surface area contributed by atoms with Crippen LogP contribution in [0, 0.1) is 11.3 Å². The lowest BCUT2D eigenvalue weighted by Crippen LogP contribution is -2.42. The van der Waals surface area contributed by atoms with Crippen molar-refractivity contribution in [1.82, 2.24) is 5.32 Å². The first-order valence-electron chi connectivity index (χ1n) is 8.12. The molecule has 1 saturated carbocycles. The third-order valence-corrected chi connectivity index (χ3v) is 4.51. The third-order valence-electron chi connectivity index (χ3n) is 4.51. The van der Waals surface area contributed by atoms with E-state index in [4.69, 9.17) is 4.74 Å². The minimum Gasteiger partial charge on any atom is -0.494 e. The number of benzene rings is 1. The molecule has 0 amide bonds. The second kappa shape index (κ2) is 6.07. The van der Waals surface area contributed by atoms with E-state index in [1.807, 2.05) is 6.92 Å². The minimum atomic E-state index is -0.400. The molecule has 0 aromatic heterocycles. The molecule has 2 aliphatic rings. The summed E-state index contributed by atoms with van der Waals surface area (Å²) in [4.78, 5) is 0. The molecule has 3 rings (SSSR count). The number of nitrogens with one attached hydrogen (secondary N) is 1. The molecule has 0 heterocycles. The Balaban J connectivity index is 1.44. The number of ether oxygens (including phenoxy) is 1. The molecular formula is C18H24N2O. The van der Waals surface area contributed by atoms with Crippen LogP contribution in [0.2, 0.25) is 0 Å². The Hall–Kier alpha value is -1.53. The average molecular weight is 284 g/mol. The molecule has 0 spiro atoms. The van der Waals surface area contributed by atoms with E-state index in [-0.39, 0.29) is 0 Å². The number of nitriles is 1. The van der Waals surface area contributed by atoms with Gasteiger partial charge >= 0.3 is 0 Å². The van der Waals surface area contributed by atoms with Crippen molar-refractivity contribution in [2.75, 3.05) is 6.61 Å². The van der Waals surface area contributed by atoms with E-state index in [0.717, 1.165) is 18.6 Å². The van der Waals surface area contributed by atoms with E-state index in [0.29, 0.717) is 12.6 Å². The van der Waals surface area contributed by atoms with Crippen molar-refractivity contribution in [1.29, 1.82) is 5.26 Å². The van der Waals surface area contributed by atoms with Crippen molar-refractivity contribution in [3.05, 3.63) is 29.3 Å². The molecule has 1 atom stereocenters. The second-order valence-corrected chi connectivity index (χ2v) is 6.60. The van der Waals surface area contributed by atoms with Gasteiger partial charge in [0.15, 0.2) is 0 Å². The van der Waals surface area contributed by atoms with Gasteiger partial charge in [0.25, 0.3) is 0 Å². The molecule has 1 unspecified atom stereocenters. The molecule has 0 aliphatic heterocycles. The highest BCUT2D eigenvalue weighted by Gasteiger charge is 2.31. The van der Waals surface area contributed by atoms with Gasteiger partial charge in [0.2, 0.25) is 0 Å². The van der Waals surface area contributed by atoms with Gasteiger partial charge in [0, 0.05) is 6.04 Å². The fourth-order valence-electron chi connectivity index (χ4n) is 3.09. The topological polar surface area (TPSA) is 45.0 Å². The normalized spacial score (nSPS) is 19.6. The molecule has 1 N–H and O–H groups in total. The fraction of sp³-hybridized carbons (Fsp3) is 0.611. The summed E-state index contributed by atoms with van der Waals surface area (Å²) in [6, 6.07) is 9.45. The lowest BCUT2D eigenvalue weighted by Gasteiger charge is -2.23. The van der Waals surface area contributed by atoms with Crippen LogP contribution in [0.4, 0.5) is 0 Å². The molecule has 0 saturated heterocycles. The summed E-state index contributed by atoms with van der Waals surface area (Å²) in [5, 5.41) is 12.8. The SMILES string of the molecule is CC(C#N)(CCCOc1ccc2c(c1)CCC2)NC1CC1. The van der Waals surface area contributed by atoms with Crippen molar-refractivity contribution >= 4 is 0 Å². The van der Waals surface area contributed by atoms with Crippen LogP contribution in [-0.4, -0.2) is 18.2 Å². The molecule has 112 valence electrons. The van der Waals surface area contributed by atoms with Gasteiger partial charge in [-0.15, -0.1) is 0 Å². The monoisotopic (exact) mass is 284 g/mol. The van der Waals surface area contributed by atoms with Gasteiger partial charge in [-0.2, -0.15) is 5.26 Å². The Morgan fingerprint density at radius 2 is 2.14 bits per heavy atom. The zero-order chi connectivity index (χ0) is 14.7. The highest BCUT2D eigenvalue weighted by Crippen LogP contribution is 2.27.